The summed E-state index contributed by atoms with van der Waals surface area (Å²) < 4.78 is 5.28. The van der Waals surface area contributed by atoms with Crippen molar-refractivity contribution in [1.82, 2.24) is 5.32 Å². The minimum atomic E-state index is -0.150. The van der Waals surface area contributed by atoms with Crippen molar-refractivity contribution in [3.05, 3.63) is 23.2 Å². The van der Waals surface area contributed by atoms with Gasteiger partial charge in [0.1, 0.15) is 5.75 Å². The van der Waals surface area contributed by atoms with Gasteiger partial charge in [-0.25, -0.2) is 4.79 Å². The fraction of sp³-hybridized carbons (Fsp3) is 0.611. The van der Waals surface area contributed by atoms with Crippen LogP contribution in [0.4, 0.5) is 10.5 Å². The molecule has 23 heavy (non-hydrogen) atoms. The summed E-state index contributed by atoms with van der Waals surface area (Å²) in [6.07, 6.45) is 6.58. The van der Waals surface area contributed by atoms with Crippen molar-refractivity contribution >= 4 is 23.3 Å². The Bertz CT molecular complexity index is 591. The fourth-order valence-electron chi connectivity index (χ4n) is 5.25. The third-order valence-electron chi connectivity index (χ3n) is 5.93. The normalized spacial score (nSPS) is 34.3. The van der Waals surface area contributed by atoms with Gasteiger partial charge in [0.2, 0.25) is 0 Å². The topological polar surface area (TPSA) is 50.4 Å². The van der Waals surface area contributed by atoms with E-state index in [-0.39, 0.29) is 6.03 Å². The first-order valence-electron chi connectivity index (χ1n) is 8.53. The number of rotatable bonds is 3. The molecule has 0 spiro atoms. The summed E-state index contributed by atoms with van der Waals surface area (Å²) in [6, 6.07) is 5.41. The van der Waals surface area contributed by atoms with Gasteiger partial charge in [0.25, 0.3) is 0 Å². The van der Waals surface area contributed by atoms with E-state index in [0.717, 1.165) is 11.8 Å². The Balaban J connectivity index is 1.44. The Morgan fingerprint density at radius 3 is 2.39 bits per heavy atom. The fourth-order valence-corrected chi connectivity index (χ4v) is 5.42. The van der Waals surface area contributed by atoms with Gasteiger partial charge in [-0.05, 0) is 74.0 Å². The van der Waals surface area contributed by atoms with Crippen molar-refractivity contribution in [2.45, 2.75) is 38.1 Å². The molecule has 0 aromatic heterocycles. The number of nitrogens with one attached hydrogen (secondary N) is 2. The molecule has 0 aliphatic heterocycles. The van der Waals surface area contributed by atoms with Crippen molar-refractivity contribution in [1.29, 1.82) is 0 Å². The Labute approximate surface area is 141 Å². The Morgan fingerprint density at radius 1 is 1.13 bits per heavy atom. The maximum atomic E-state index is 12.5. The van der Waals surface area contributed by atoms with E-state index in [1.165, 1.54) is 32.1 Å². The number of hydrogen-bond donors (Lipinski definition) is 2. The summed E-state index contributed by atoms with van der Waals surface area (Å²) in [4.78, 5) is 12.5. The smallest absolute Gasteiger partial charge is 0.319 e. The highest BCUT2D eigenvalue weighted by atomic mass is 35.5. The van der Waals surface area contributed by atoms with Gasteiger partial charge in [-0.15, -0.1) is 0 Å². The number of amides is 2. The van der Waals surface area contributed by atoms with Crippen molar-refractivity contribution < 1.29 is 9.53 Å². The van der Waals surface area contributed by atoms with Crippen molar-refractivity contribution in [3.63, 3.8) is 0 Å². The van der Waals surface area contributed by atoms with Crippen LogP contribution in [-0.2, 0) is 0 Å². The van der Waals surface area contributed by atoms with Crippen LogP contribution in [0.15, 0.2) is 18.2 Å². The molecule has 0 atom stereocenters. The van der Waals surface area contributed by atoms with Gasteiger partial charge in [-0.3, -0.25) is 0 Å². The number of ether oxygens (including phenoxy) is 1. The van der Waals surface area contributed by atoms with E-state index in [9.17, 15) is 4.79 Å². The Kier molecular flexibility index (Phi) is 3.88. The maximum Gasteiger partial charge on any atom is 0.319 e. The zero-order chi connectivity index (χ0) is 16.0. The van der Waals surface area contributed by atoms with Gasteiger partial charge >= 0.3 is 6.03 Å². The van der Waals surface area contributed by atoms with Crippen LogP contribution in [0.25, 0.3) is 0 Å². The second kappa shape index (κ2) is 5.90. The predicted octanol–water partition coefficient (Wildman–Crippen LogP) is 4.29. The molecule has 4 saturated carbocycles. The van der Waals surface area contributed by atoms with Crippen LogP contribution in [0.2, 0.25) is 5.02 Å². The van der Waals surface area contributed by atoms with Crippen LogP contribution < -0.4 is 15.4 Å². The Hall–Kier alpha value is -1.42. The minimum Gasteiger partial charge on any atom is -0.495 e. The first-order valence-corrected chi connectivity index (χ1v) is 8.91. The van der Waals surface area contributed by atoms with E-state index in [0.29, 0.717) is 34.3 Å². The molecule has 4 aliphatic rings. The zero-order valence-corrected chi connectivity index (χ0v) is 14.1. The molecule has 124 valence electrons. The lowest BCUT2D eigenvalue weighted by atomic mass is 9.54. The van der Waals surface area contributed by atoms with Crippen LogP contribution in [0, 0.1) is 23.7 Å². The second-order valence-corrected chi connectivity index (χ2v) is 7.84. The molecule has 0 unspecified atom stereocenters. The van der Waals surface area contributed by atoms with Crippen LogP contribution in [0.1, 0.15) is 32.1 Å². The number of carbonyl (C=O) groups excluding carboxylic acids is 1. The van der Waals surface area contributed by atoms with Gasteiger partial charge in [-0.2, -0.15) is 0 Å². The molecular weight excluding hydrogens is 312 g/mol. The quantitative estimate of drug-likeness (QED) is 0.866. The van der Waals surface area contributed by atoms with Gasteiger partial charge in [0.05, 0.1) is 12.8 Å². The second-order valence-electron chi connectivity index (χ2n) is 7.40. The molecule has 4 aliphatic carbocycles. The lowest BCUT2D eigenvalue weighted by Crippen LogP contribution is -2.56. The van der Waals surface area contributed by atoms with E-state index >= 15 is 0 Å². The summed E-state index contributed by atoms with van der Waals surface area (Å²) >= 11 is 6.02. The average molecular weight is 335 g/mol. The molecule has 0 radical (unpaired) electrons. The maximum absolute atomic E-state index is 12.5. The van der Waals surface area contributed by atoms with Gasteiger partial charge in [-0.1, -0.05) is 11.6 Å². The average Bonchev–Trinajstić information content (AvgIpc) is 2.50. The van der Waals surface area contributed by atoms with Crippen LogP contribution in [0.3, 0.4) is 0 Å². The molecule has 4 fully saturated rings. The highest BCUT2D eigenvalue weighted by Crippen LogP contribution is 2.53. The first kappa shape index (κ1) is 15.1. The van der Waals surface area contributed by atoms with Gasteiger partial charge in [0, 0.05) is 11.1 Å². The lowest BCUT2D eigenvalue weighted by Gasteiger charge is -2.54. The third-order valence-corrected chi connectivity index (χ3v) is 6.17. The summed E-state index contributed by atoms with van der Waals surface area (Å²) in [5, 5.41) is 6.71. The third kappa shape index (κ3) is 2.89. The largest absolute Gasteiger partial charge is 0.495 e. The number of halogens is 1. The summed E-state index contributed by atoms with van der Waals surface area (Å²) in [7, 11) is 1.59. The van der Waals surface area contributed by atoms with E-state index in [1.807, 2.05) is 0 Å². The van der Waals surface area contributed by atoms with Crippen LogP contribution in [-0.4, -0.2) is 19.2 Å². The molecule has 0 saturated heterocycles. The van der Waals surface area contributed by atoms with Crippen molar-refractivity contribution in [2.24, 2.45) is 23.7 Å². The van der Waals surface area contributed by atoms with Crippen molar-refractivity contribution in [3.8, 4) is 5.75 Å². The number of anilines is 1. The number of methoxy groups -OCH3 is 1. The molecule has 1 aromatic rings. The van der Waals surface area contributed by atoms with E-state index < -0.39 is 0 Å². The first-order chi connectivity index (χ1) is 11.1. The molecular formula is C18H23ClN2O2. The van der Waals surface area contributed by atoms with Crippen LogP contribution >= 0.6 is 11.6 Å². The number of urea groups is 1. The Morgan fingerprint density at radius 2 is 1.78 bits per heavy atom. The molecule has 4 bridgehead atoms. The van der Waals surface area contributed by atoms with E-state index in [1.54, 1.807) is 25.3 Å². The van der Waals surface area contributed by atoms with Crippen molar-refractivity contribution in [2.75, 3.05) is 12.4 Å². The summed E-state index contributed by atoms with van der Waals surface area (Å²) in [5.41, 5.74) is 0.612. The molecule has 4 nitrogen and oxygen atoms in total. The molecule has 2 N–H and O–H groups in total. The minimum absolute atomic E-state index is 0.150. The number of benzene rings is 1. The molecule has 1 aromatic carbocycles. The van der Waals surface area contributed by atoms with E-state index in [4.69, 9.17) is 16.3 Å². The SMILES string of the molecule is COc1ccc(Cl)cc1NC(=O)NC1C2CC3CC(C2)CC1C3. The van der Waals surface area contributed by atoms with Crippen LogP contribution in [0.5, 0.6) is 5.75 Å². The lowest BCUT2D eigenvalue weighted by molar-refractivity contribution is -0.00883. The molecule has 5 heteroatoms. The zero-order valence-electron chi connectivity index (χ0n) is 13.3. The predicted molar refractivity (Wildman–Crippen MR) is 91.0 cm³/mol. The molecule has 2 amide bonds. The van der Waals surface area contributed by atoms with Gasteiger partial charge in [0.15, 0.2) is 0 Å². The monoisotopic (exact) mass is 334 g/mol. The molecule has 5 rings (SSSR count). The molecule has 0 heterocycles. The van der Waals surface area contributed by atoms with E-state index in [2.05, 4.69) is 10.6 Å². The standard InChI is InChI=1S/C18H23ClN2O2/c1-23-16-3-2-14(19)9-15(16)20-18(22)21-17-12-5-10-4-11(7-12)8-13(17)6-10/h2-3,9-13,17H,4-8H2,1H3,(H2,20,21,22). The highest BCUT2D eigenvalue weighted by Gasteiger charge is 2.48. The van der Waals surface area contributed by atoms with Gasteiger partial charge < -0.3 is 15.4 Å². The summed E-state index contributed by atoms with van der Waals surface area (Å²) in [5.74, 6) is 3.77. The number of hydrogen-bond acceptors (Lipinski definition) is 2. The summed E-state index contributed by atoms with van der Waals surface area (Å²) in [6.45, 7) is 0. The highest BCUT2D eigenvalue weighted by molar-refractivity contribution is 6.31. The number of carbonyl (C=O) groups is 1.